The number of likely N-dealkylation sites (tertiary alicyclic amines) is 1. The van der Waals surface area contributed by atoms with Gasteiger partial charge >= 0.3 is 6.09 Å². The highest BCUT2D eigenvalue weighted by molar-refractivity contribution is 5.76. The summed E-state index contributed by atoms with van der Waals surface area (Å²) in [5, 5.41) is 9.70. The summed E-state index contributed by atoms with van der Waals surface area (Å²) in [7, 11) is 3.37. The normalized spacial score (nSPS) is 22.7. The van der Waals surface area contributed by atoms with Crippen LogP contribution in [-0.2, 0) is 9.53 Å². The number of ether oxygens (including phenoxy) is 1. The molecular weight excluding hydrogens is 248 g/mol. The number of carbonyl (C=O) groups excluding carboxylic acids is 2. The molecule has 0 bridgehead atoms. The monoisotopic (exact) mass is 272 g/mol. The van der Waals surface area contributed by atoms with Crippen LogP contribution in [0.4, 0.5) is 4.79 Å². The maximum absolute atomic E-state index is 11.9. The van der Waals surface area contributed by atoms with E-state index < -0.39 is 17.8 Å². The largest absolute Gasteiger partial charge is 0.444 e. The zero-order chi connectivity index (χ0) is 14.8. The Kier molecular flexibility index (Phi) is 4.79. The number of β-amino-alcohol motifs (C(OH)–C–C–N with tert-alkyl or cyclic N) is 1. The van der Waals surface area contributed by atoms with Crippen molar-refractivity contribution in [1.29, 1.82) is 0 Å². The standard InChI is InChI=1S/C13H24N2O4/c1-13(2,3)19-12(18)15-8-10(16)9(15)6-7-11(17)14(4)5/h9-10,16H,6-8H2,1-5H3/t9-,10?/m0/s1. The van der Waals surface area contributed by atoms with Gasteiger partial charge in [-0.2, -0.15) is 0 Å². The molecule has 1 fully saturated rings. The van der Waals surface area contributed by atoms with Gasteiger partial charge in [0, 0.05) is 20.5 Å². The van der Waals surface area contributed by atoms with E-state index in [1.165, 1.54) is 9.80 Å². The highest BCUT2D eigenvalue weighted by Gasteiger charge is 2.42. The van der Waals surface area contributed by atoms with Gasteiger partial charge in [-0.1, -0.05) is 0 Å². The third kappa shape index (κ3) is 4.38. The molecule has 1 N–H and O–H groups in total. The molecule has 6 heteroatoms. The third-order valence-corrected chi connectivity index (χ3v) is 3.01. The van der Waals surface area contributed by atoms with Gasteiger partial charge in [0.25, 0.3) is 0 Å². The van der Waals surface area contributed by atoms with Crippen molar-refractivity contribution in [2.45, 2.75) is 51.4 Å². The molecule has 2 atom stereocenters. The van der Waals surface area contributed by atoms with Crippen LogP contribution < -0.4 is 0 Å². The smallest absolute Gasteiger partial charge is 0.410 e. The molecule has 1 heterocycles. The molecule has 0 aliphatic carbocycles. The van der Waals surface area contributed by atoms with Crippen LogP contribution in [0, 0.1) is 0 Å². The number of aliphatic hydroxyl groups is 1. The average molecular weight is 272 g/mol. The van der Waals surface area contributed by atoms with Gasteiger partial charge in [0.1, 0.15) is 5.60 Å². The Balaban J connectivity index is 2.49. The number of nitrogens with zero attached hydrogens (tertiary/aromatic N) is 2. The van der Waals surface area contributed by atoms with Crippen molar-refractivity contribution in [2.24, 2.45) is 0 Å². The van der Waals surface area contributed by atoms with Crippen LogP contribution >= 0.6 is 0 Å². The lowest BCUT2D eigenvalue weighted by Crippen LogP contribution is -2.63. The first-order chi connectivity index (χ1) is 8.61. The van der Waals surface area contributed by atoms with Crippen molar-refractivity contribution in [3.63, 3.8) is 0 Å². The Bertz CT molecular complexity index is 349. The number of hydrogen-bond acceptors (Lipinski definition) is 4. The molecule has 0 radical (unpaired) electrons. The summed E-state index contributed by atoms with van der Waals surface area (Å²) in [4.78, 5) is 26.4. The molecular formula is C13H24N2O4. The molecule has 110 valence electrons. The van der Waals surface area contributed by atoms with Gasteiger partial charge in [-0.25, -0.2) is 4.79 Å². The van der Waals surface area contributed by atoms with Crippen LogP contribution in [0.1, 0.15) is 33.6 Å². The molecule has 1 rings (SSSR count). The molecule has 0 aromatic carbocycles. The zero-order valence-corrected chi connectivity index (χ0v) is 12.3. The molecule has 1 aliphatic heterocycles. The van der Waals surface area contributed by atoms with Crippen LogP contribution in [0.15, 0.2) is 0 Å². The van der Waals surface area contributed by atoms with E-state index in [4.69, 9.17) is 4.74 Å². The van der Waals surface area contributed by atoms with Crippen molar-refractivity contribution in [1.82, 2.24) is 9.80 Å². The number of aliphatic hydroxyl groups excluding tert-OH is 1. The summed E-state index contributed by atoms with van der Waals surface area (Å²) in [5.41, 5.74) is -0.554. The molecule has 6 nitrogen and oxygen atoms in total. The predicted octanol–water partition coefficient (Wildman–Crippen LogP) is 0.835. The minimum absolute atomic E-state index is 0.0109. The number of amides is 2. The molecule has 0 aromatic heterocycles. The van der Waals surface area contributed by atoms with Gasteiger partial charge in [-0.05, 0) is 27.2 Å². The van der Waals surface area contributed by atoms with Gasteiger partial charge in [0.15, 0.2) is 0 Å². The SMILES string of the molecule is CN(C)C(=O)CC[C@H]1C(O)CN1C(=O)OC(C)(C)C. The molecule has 0 saturated carbocycles. The fourth-order valence-corrected chi connectivity index (χ4v) is 1.90. The predicted molar refractivity (Wildman–Crippen MR) is 70.7 cm³/mol. The van der Waals surface area contributed by atoms with Crippen molar-refractivity contribution in [3.8, 4) is 0 Å². The molecule has 2 amide bonds. The second-order valence-corrected chi connectivity index (χ2v) is 6.09. The average Bonchev–Trinajstić information content (AvgIpc) is 2.22. The highest BCUT2D eigenvalue weighted by atomic mass is 16.6. The summed E-state index contributed by atoms with van der Waals surface area (Å²) in [6.45, 7) is 5.67. The van der Waals surface area contributed by atoms with Crippen molar-refractivity contribution in [2.75, 3.05) is 20.6 Å². The number of rotatable bonds is 3. The molecule has 1 saturated heterocycles. The van der Waals surface area contributed by atoms with E-state index in [2.05, 4.69) is 0 Å². The van der Waals surface area contributed by atoms with Gasteiger partial charge in [0.2, 0.25) is 5.91 Å². The number of hydrogen-bond donors (Lipinski definition) is 1. The summed E-state index contributed by atoms with van der Waals surface area (Å²) in [6, 6.07) is -0.321. The van der Waals surface area contributed by atoms with E-state index in [0.717, 1.165) is 0 Å². The first-order valence-electron chi connectivity index (χ1n) is 6.49. The summed E-state index contributed by atoms with van der Waals surface area (Å²) in [6.07, 6.45) is -0.228. The van der Waals surface area contributed by atoms with Crippen LogP contribution in [0.25, 0.3) is 0 Å². The topological polar surface area (TPSA) is 70.1 Å². The highest BCUT2D eigenvalue weighted by Crippen LogP contribution is 2.25. The lowest BCUT2D eigenvalue weighted by atomic mass is 9.95. The van der Waals surface area contributed by atoms with Crippen LogP contribution in [0.2, 0.25) is 0 Å². The fourth-order valence-electron chi connectivity index (χ4n) is 1.90. The Morgan fingerprint density at radius 2 is 1.95 bits per heavy atom. The van der Waals surface area contributed by atoms with E-state index in [-0.39, 0.29) is 18.5 Å². The summed E-state index contributed by atoms with van der Waals surface area (Å²) < 4.78 is 5.26. The van der Waals surface area contributed by atoms with Gasteiger partial charge < -0.3 is 14.7 Å². The number of carbonyl (C=O) groups is 2. The zero-order valence-electron chi connectivity index (χ0n) is 12.3. The van der Waals surface area contributed by atoms with Gasteiger partial charge in [0.05, 0.1) is 18.7 Å². The van der Waals surface area contributed by atoms with E-state index in [9.17, 15) is 14.7 Å². The van der Waals surface area contributed by atoms with E-state index in [1.54, 1.807) is 34.9 Å². The minimum Gasteiger partial charge on any atom is -0.444 e. The van der Waals surface area contributed by atoms with Gasteiger partial charge in [-0.3, -0.25) is 9.69 Å². The summed E-state index contributed by atoms with van der Waals surface area (Å²) >= 11 is 0. The maximum Gasteiger partial charge on any atom is 0.410 e. The molecule has 1 aliphatic rings. The minimum atomic E-state index is -0.567. The van der Waals surface area contributed by atoms with E-state index >= 15 is 0 Å². The van der Waals surface area contributed by atoms with Crippen molar-refractivity contribution >= 4 is 12.0 Å². The molecule has 0 aromatic rings. The second kappa shape index (κ2) is 5.77. The van der Waals surface area contributed by atoms with E-state index in [1.807, 2.05) is 0 Å². The second-order valence-electron chi connectivity index (χ2n) is 6.09. The lowest BCUT2D eigenvalue weighted by molar-refractivity contribution is -0.130. The van der Waals surface area contributed by atoms with Crippen LogP contribution in [0.5, 0.6) is 0 Å². The Morgan fingerprint density at radius 3 is 2.37 bits per heavy atom. The lowest BCUT2D eigenvalue weighted by Gasteiger charge is -2.45. The molecule has 0 spiro atoms. The van der Waals surface area contributed by atoms with Crippen LogP contribution in [0.3, 0.4) is 0 Å². The van der Waals surface area contributed by atoms with Crippen LogP contribution in [-0.4, -0.2) is 65.3 Å². The molecule has 1 unspecified atom stereocenters. The third-order valence-electron chi connectivity index (χ3n) is 3.01. The Morgan fingerprint density at radius 1 is 1.37 bits per heavy atom. The van der Waals surface area contributed by atoms with E-state index in [0.29, 0.717) is 12.8 Å². The Labute approximate surface area is 114 Å². The maximum atomic E-state index is 11.9. The van der Waals surface area contributed by atoms with Crippen molar-refractivity contribution < 1.29 is 19.4 Å². The first-order valence-corrected chi connectivity index (χ1v) is 6.49. The first kappa shape index (κ1) is 15.8. The van der Waals surface area contributed by atoms with Gasteiger partial charge in [-0.15, -0.1) is 0 Å². The summed E-state index contributed by atoms with van der Waals surface area (Å²) in [5.74, 6) is -0.0109. The Hall–Kier alpha value is -1.30. The van der Waals surface area contributed by atoms with Crippen molar-refractivity contribution in [3.05, 3.63) is 0 Å². The molecule has 19 heavy (non-hydrogen) atoms. The quantitative estimate of drug-likeness (QED) is 0.826. The fraction of sp³-hybridized carbons (Fsp3) is 0.846.